The molecule has 1 unspecified atom stereocenters. The van der Waals surface area contributed by atoms with E-state index in [1.165, 1.54) is 0 Å². The normalized spacial score (nSPS) is 22.7. The highest BCUT2D eigenvalue weighted by molar-refractivity contribution is 5.95. The van der Waals surface area contributed by atoms with E-state index >= 15 is 0 Å². The first-order valence-corrected chi connectivity index (χ1v) is 4.16. The van der Waals surface area contributed by atoms with Gasteiger partial charge in [0.15, 0.2) is 5.78 Å². The van der Waals surface area contributed by atoms with Gasteiger partial charge in [-0.25, -0.2) is 0 Å². The van der Waals surface area contributed by atoms with E-state index in [1.54, 1.807) is 6.20 Å². The monoisotopic (exact) mass is 155 g/mol. The van der Waals surface area contributed by atoms with E-state index in [0.717, 1.165) is 5.57 Å². The molecule has 0 spiro atoms. The number of ketones is 1. The number of allylic oxidation sites excluding steroid dienone is 1. The standard InChI is InChI=1S/C7H11NO.C2H6/c1-5-4-8-6(2)3-7(5)9;1-2/h4,6,8H,3H2,1-2H3;1-2H3. The van der Waals surface area contributed by atoms with Gasteiger partial charge in [-0.3, -0.25) is 4.79 Å². The van der Waals surface area contributed by atoms with Crippen LogP contribution in [0.3, 0.4) is 0 Å². The highest BCUT2D eigenvalue weighted by Gasteiger charge is 2.13. The van der Waals surface area contributed by atoms with E-state index in [-0.39, 0.29) is 5.78 Å². The predicted octanol–water partition coefficient (Wildman–Crippen LogP) is 1.87. The Balaban J connectivity index is 0.000000461. The van der Waals surface area contributed by atoms with Crippen LogP contribution >= 0.6 is 0 Å². The van der Waals surface area contributed by atoms with Crippen molar-refractivity contribution in [2.24, 2.45) is 0 Å². The minimum Gasteiger partial charge on any atom is -0.388 e. The minimum atomic E-state index is 0.265. The molecular weight excluding hydrogens is 138 g/mol. The lowest BCUT2D eigenvalue weighted by molar-refractivity contribution is -0.116. The fourth-order valence-corrected chi connectivity index (χ4v) is 0.846. The molecule has 1 N–H and O–H groups in total. The second kappa shape index (κ2) is 4.94. The predicted molar refractivity (Wildman–Crippen MR) is 47.3 cm³/mol. The van der Waals surface area contributed by atoms with E-state index in [9.17, 15) is 4.79 Å². The van der Waals surface area contributed by atoms with Crippen LogP contribution in [0.4, 0.5) is 0 Å². The summed E-state index contributed by atoms with van der Waals surface area (Å²) in [6.45, 7) is 7.84. The average molecular weight is 155 g/mol. The number of hydrogen-bond acceptors (Lipinski definition) is 2. The number of rotatable bonds is 0. The molecule has 0 aromatic rings. The molecule has 1 atom stereocenters. The maximum Gasteiger partial charge on any atom is 0.162 e. The third-order valence-corrected chi connectivity index (χ3v) is 1.52. The van der Waals surface area contributed by atoms with Crippen LogP contribution < -0.4 is 5.32 Å². The Morgan fingerprint density at radius 3 is 2.45 bits per heavy atom. The van der Waals surface area contributed by atoms with Gasteiger partial charge in [0.05, 0.1) is 0 Å². The molecule has 0 radical (unpaired) electrons. The summed E-state index contributed by atoms with van der Waals surface area (Å²) in [7, 11) is 0. The van der Waals surface area contributed by atoms with Gasteiger partial charge in [0.1, 0.15) is 0 Å². The topological polar surface area (TPSA) is 29.1 Å². The molecule has 0 fully saturated rings. The Bertz CT molecular complexity index is 161. The number of nitrogens with one attached hydrogen (secondary N) is 1. The Morgan fingerprint density at radius 2 is 2.09 bits per heavy atom. The molecular formula is C9H17NO. The van der Waals surface area contributed by atoms with Crippen molar-refractivity contribution in [3.63, 3.8) is 0 Å². The van der Waals surface area contributed by atoms with E-state index in [4.69, 9.17) is 0 Å². The molecule has 0 amide bonds. The lowest BCUT2D eigenvalue weighted by atomic mass is 10.0. The third-order valence-electron chi connectivity index (χ3n) is 1.52. The molecule has 0 aliphatic carbocycles. The van der Waals surface area contributed by atoms with Crippen molar-refractivity contribution in [2.45, 2.75) is 40.2 Å². The van der Waals surface area contributed by atoms with Gasteiger partial charge in [-0.15, -0.1) is 0 Å². The first kappa shape index (κ1) is 10.2. The molecule has 1 rings (SSSR count). The van der Waals surface area contributed by atoms with Crippen LogP contribution in [0.1, 0.15) is 34.1 Å². The van der Waals surface area contributed by atoms with Gasteiger partial charge >= 0.3 is 0 Å². The Kier molecular flexibility index (Phi) is 4.59. The summed E-state index contributed by atoms with van der Waals surface area (Å²) in [6, 6.07) is 0.321. The molecule has 1 heterocycles. The van der Waals surface area contributed by atoms with Crippen molar-refractivity contribution >= 4 is 5.78 Å². The van der Waals surface area contributed by atoms with Crippen LogP contribution in [0.25, 0.3) is 0 Å². The minimum absolute atomic E-state index is 0.265. The molecule has 11 heavy (non-hydrogen) atoms. The molecule has 64 valence electrons. The maximum absolute atomic E-state index is 10.9. The Morgan fingerprint density at radius 1 is 1.55 bits per heavy atom. The smallest absolute Gasteiger partial charge is 0.162 e. The fourth-order valence-electron chi connectivity index (χ4n) is 0.846. The average Bonchev–Trinajstić information content (AvgIpc) is 2.02. The summed E-state index contributed by atoms with van der Waals surface area (Å²) in [4.78, 5) is 10.9. The second-order valence-electron chi connectivity index (χ2n) is 2.52. The van der Waals surface area contributed by atoms with Crippen molar-refractivity contribution in [3.8, 4) is 0 Å². The zero-order valence-electron chi connectivity index (χ0n) is 7.77. The van der Waals surface area contributed by atoms with Crippen LogP contribution in [0.5, 0.6) is 0 Å². The summed E-state index contributed by atoms with van der Waals surface area (Å²) in [5.41, 5.74) is 0.841. The number of Topliss-reactive ketones (excluding diaryl/α,β-unsaturated/α-hetero) is 1. The number of carbonyl (C=O) groups excluding carboxylic acids is 1. The highest BCUT2D eigenvalue weighted by Crippen LogP contribution is 2.06. The zero-order chi connectivity index (χ0) is 8.85. The molecule has 1 aliphatic rings. The van der Waals surface area contributed by atoms with E-state index in [1.807, 2.05) is 27.7 Å². The van der Waals surface area contributed by atoms with E-state index in [0.29, 0.717) is 12.5 Å². The first-order valence-electron chi connectivity index (χ1n) is 4.16. The van der Waals surface area contributed by atoms with Crippen molar-refractivity contribution < 1.29 is 4.79 Å². The first-order chi connectivity index (χ1) is 5.20. The summed E-state index contributed by atoms with van der Waals surface area (Å²) in [5.74, 6) is 0.265. The van der Waals surface area contributed by atoms with Crippen molar-refractivity contribution in [3.05, 3.63) is 11.8 Å². The summed E-state index contributed by atoms with van der Waals surface area (Å²) >= 11 is 0. The molecule has 0 saturated heterocycles. The molecule has 2 heteroatoms. The molecule has 0 saturated carbocycles. The van der Waals surface area contributed by atoms with Gasteiger partial charge in [-0.1, -0.05) is 13.8 Å². The molecule has 0 aromatic heterocycles. The highest BCUT2D eigenvalue weighted by atomic mass is 16.1. The largest absolute Gasteiger partial charge is 0.388 e. The zero-order valence-corrected chi connectivity index (χ0v) is 7.77. The second-order valence-corrected chi connectivity index (χ2v) is 2.52. The lowest BCUT2D eigenvalue weighted by Crippen LogP contribution is -2.29. The fraction of sp³-hybridized carbons (Fsp3) is 0.667. The van der Waals surface area contributed by atoms with Gasteiger partial charge in [-0.05, 0) is 13.8 Å². The lowest BCUT2D eigenvalue weighted by Gasteiger charge is -2.16. The number of hydrogen-bond donors (Lipinski definition) is 1. The van der Waals surface area contributed by atoms with Gasteiger partial charge in [0.25, 0.3) is 0 Å². The van der Waals surface area contributed by atoms with Crippen LogP contribution in [0.15, 0.2) is 11.8 Å². The van der Waals surface area contributed by atoms with Crippen molar-refractivity contribution in [1.82, 2.24) is 5.32 Å². The Labute approximate surface area is 68.7 Å². The SMILES string of the molecule is CC.CC1=CNC(C)CC1=O. The molecule has 0 bridgehead atoms. The summed E-state index contributed by atoms with van der Waals surface area (Å²) < 4.78 is 0. The van der Waals surface area contributed by atoms with Crippen LogP contribution in [-0.2, 0) is 4.79 Å². The summed E-state index contributed by atoms with van der Waals surface area (Å²) in [5, 5.41) is 3.08. The van der Waals surface area contributed by atoms with Crippen LogP contribution in [-0.4, -0.2) is 11.8 Å². The van der Waals surface area contributed by atoms with Crippen LogP contribution in [0.2, 0.25) is 0 Å². The van der Waals surface area contributed by atoms with Crippen LogP contribution in [0, 0.1) is 0 Å². The van der Waals surface area contributed by atoms with Gasteiger partial charge in [0.2, 0.25) is 0 Å². The molecule has 0 aromatic carbocycles. The quantitative estimate of drug-likeness (QED) is 0.578. The van der Waals surface area contributed by atoms with E-state index < -0.39 is 0 Å². The number of carbonyl (C=O) groups is 1. The Hall–Kier alpha value is -0.790. The third kappa shape index (κ3) is 3.21. The van der Waals surface area contributed by atoms with Gasteiger partial charge in [-0.2, -0.15) is 0 Å². The maximum atomic E-state index is 10.9. The van der Waals surface area contributed by atoms with Gasteiger partial charge in [0, 0.05) is 24.2 Å². The molecule has 1 aliphatic heterocycles. The summed E-state index contributed by atoms with van der Waals surface area (Å²) in [6.07, 6.45) is 2.43. The van der Waals surface area contributed by atoms with Crippen molar-refractivity contribution in [2.75, 3.05) is 0 Å². The molecule has 2 nitrogen and oxygen atoms in total. The van der Waals surface area contributed by atoms with Crippen molar-refractivity contribution in [1.29, 1.82) is 0 Å². The van der Waals surface area contributed by atoms with Gasteiger partial charge < -0.3 is 5.32 Å². The van der Waals surface area contributed by atoms with E-state index in [2.05, 4.69) is 5.32 Å².